The number of nitrogens with zero attached hydrogens (tertiary/aromatic N) is 1. The van der Waals surface area contributed by atoms with Crippen LogP contribution < -0.4 is 15.4 Å². The summed E-state index contributed by atoms with van der Waals surface area (Å²) in [5.74, 6) is 0.422. The van der Waals surface area contributed by atoms with Gasteiger partial charge in [0.1, 0.15) is 23.1 Å². The number of anilines is 1. The average molecular weight is 482 g/mol. The summed E-state index contributed by atoms with van der Waals surface area (Å²) in [6, 6.07) is 16.2. The van der Waals surface area contributed by atoms with E-state index >= 15 is 0 Å². The van der Waals surface area contributed by atoms with E-state index in [1.54, 1.807) is 30.3 Å². The van der Waals surface area contributed by atoms with E-state index in [0.29, 0.717) is 25.3 Å². The number of para-hydroxylation sites is 2. The molecule has 8 nitrogen and oxygen atoms in total. The smallest absolute Gasteiger partial charge is 0.262 e. The van der Waals surface area contributed by atoms with Crippen LogP contribution in [0, 0.1) is 12.7 Å². The van der Waals surface area contributed by atoms with Crippen molar-refractivity contribution in [2.75, 3.05) is 44.8 Å². The number of carbonyl (C=O) groups excluding carboxylic acids is 2. The predicted octanol–water partition coefficient (Wildman–Crippen LogP) is 3.55. The lowest BCUT2D eigenvalue weighted by atomic mass is 10.1. The van der Waals surface area contributed by atoms with Gasteiger partial charge in [0.15, 0.2) is 6.61 Å². The van der Waals surface area contributed by atoms with Gasteiger partial charge in [0.2, 0.25) is 0 Å². The first-order valence-electron chi connectivity index (χ1n) is 11.4. The number of rotatable bonds is 9. The average Bonchev–Trinajstić information content (AvgIpc) is 3.31. The number of furan rings is 1. The number of benzene rings is 2. The van der Waals surface area contributed by atoms with E-state index in [0.717, 1.165) is 24.6 Å². The van der Waals surface area contributed by atoms with E-state index in [1.807, 2.05) is 19.1 Å². The molecular weight excluding hydrogens is 453 g/mol. The van der Waals surface area contributed by atoms with Gasteiger partial charge in [-0.05, 0) is 43.3 Å². The lowest BCUT2D eigenvalue weighted by molar-refractivity contribution is -0.118. The van der Waals surface area contributed by atoms with Crippen LogP contribution in [0.3, 0.4) is 0 Å². The Kier molecular flexibility index (Phi) is 8.12. The van der Waals surface area contributed by atoms with E-state index in [-0.39, 0.29) is 30.0 Å². The highest BCUT2D eigenvalue weighted by Crippen LogP contribution is 2.24. The van der Waals surface area contributed by atoms with E-state index < -0.39 is 11.7 Å². The van der Waals surface area contributed by atoms with Crippen LogP contribution in [0.4, 0.5) is 10.1 Å². The van der Waals surface area contributed by atoms with Gasteiger partial charge in [0, 0.05) is 19.6 Å². The maximum Gasteiger partial charge on any atom is 0.262 e. The molecule has 0 aliphatic carbocycles. The van der Waals surface area contributed by atoms with Crippen LogP contribution in [0.15, 0.2) is 65.1 Å². The third kappa shape index (κ3) is 6.46. The predicted molar refractivity (Wildman–Crippen MR) is 128 cm³/mol. The van der Waals surface area contributed by atoms with Gasteiger partial charge in [-0.3, -0.25) is 14.5 Å². The van der Waals surface area contributed by atoms with Crippen molar-refractivity contribution in [1.29, 1.82) is 0 Å². The molecular formula is C26H28FN3O5. The molecule has 0 bridgehead atoms. The van der Waals surface area contributed by atoms with Crippen LogP contribution in [-0.4, -0.2) is 56.2 Å². The van der Waals surface area contributed by atoms with Gasteiger partial charge in [-0.25, -0.2) is 4.39 Å². The first-order chi connectivity index (χ1) is 17.0. The fraction of sp³-hybridized carbons (Fsp3) is 0.308. The molecule has 0 spiro atoms. The molecule has 1 aliphatic rings. The number of morpholine rings is 1. The second-order valence-electron chi connectivity index (χ2n) is 8.14. The number of ether oxygens (including phenoxy) is 2. The first-order valence-corrected chi connectivity index (χ1v) is 11.4. The molecule has 1 saturated heterocycles. The van der Waals surface area contributed by atoms with Gasteiger partial charge in [-0.2, -0.15) is 0 Å². The normalized spacial score (nSPS) is 14.8. The highest BCUT2D eigenvalue weighted by Gasteiger charge is 2.26. The van der Waals surface area contributed by atoms with Gasteiger partial charge >= 0.3 is 0 Å². The second-order valence-corrected chi connectivity index (χ2v) is 8.14. The summed E-state index contributed by atoms with van der Waals surface area (Å²) in [5, 5.41) is 5.43. The molecule has 1 fully saturated rings. The van der Waals surface area contributed by atoms with Gasteiger partial charge in [-0.15, -0.1) is 0 Å². The number of nitrogens with one attached hydrogen (secondary N) is 2. The first kappa shape index (κ1) is 24.4. The van der Waals surface area contributed by atoms with Crippen LogP contribution in [0.25, 0.3) is 0 Å². The minimum Gasteiger partial charge on any atom is -0.483 e. The molecule has 35 heavy (non-hydrogen) atoms. The summed E-state index contributed by atoms with van der Waals surface area (Å²) in [6.07, 6.45) is 0. The van der Waals surface area contributed by atoms with Crippen LogP contribution in [0.5, 0.6) is 5.75 Å². The Morgan fingerprint density at radius 1 is 1.06 bits per heavy atom. The quantitative estimate of drug-likeness (QED) is 0.486. The summed E-state index contributed by atoms with van der Waals surface area (Å²) >= 11 is 0. The highest BCUT2D eigenvalue weighted by atomic mass is 19.1. The van der Waals surface area contributed by atoms with Gasteiger partial charge in [0.05, 0.1) is 30.5 Å². The Bertz CT molecular complexity index is 1160. The van der Waals surface area contributed by atoms with Crippen LogP contribution in [0.2, 0.25) is 0 Å². The van der Waals surface area contributed by atoms with Gasteiger partial charge in [0.25, 0.3) is 11.8 Å². The third-order valence-corrected chi connectivity index (χ3v) is 5.67. The summed E-state index contributed by atoms with van der Waals surface area (Å²) in [5.41, 5.74) is 0.358. The van der Waals surface area contributed by atoms with Crippen LogP contribution in [-0.2, 0) is 9.53 Å². The van der Waals surface area contributed by atoms with Crippen molar-refractivity contribution < 1.29 is 27.9 Å². The molecule has 2 aromatic carbocycles. The topological polar surface area (TPSA) is 93.0 Å². The molecule has 1 atom stereocenters. The maximum atomic E-state index is 13.8. The zero-order valence-electron chi connectivity index (χ0n) is 19.5. The van der Waals surface area contributed by atoms with E-state index in [2.05, 4.69) is 15.5 Å². The Hall–Kier alpha value is -3.69. The summed E-state index contributed by atoms with van der Waals surface area (Å²) in [7, 11) is 0. The summed E-state index contributed by atoms with van der Waals surface area (Å²) in [4.78, 5) is 27.5. The van der Waals surface area contributed by atoms with Crippen molar-refractivity contribution in [3.05, 3.63) is 83.6 Å². The monoisotopic (exact) mass is 481 g/mol. The van der Waals surface area contributed by atoms with Crippen molar-refractivity contribution >= 4 is 17.5 Å². The molecule has 2 N–H and O–H groups in total. The molecule has 0 saturated carbocycles. The Balaban J connectivity index is 1.39. The minimum absolute atomic E-state index is 0.0643. The fourth-order valence-electron chi connectivity index (χ4n) is 3.89. The largest absolute Gasteiger partial charge is 0.483 e. The number of aryl methyl sites for hydroxylation is 1. The Morgan fingerprint density at radius 3 is 2.54 bits per heavy atom. The molecule has 1 unspecified atom stereocenters. The molecule has 1 aliphatic heterocycles. The Morgan fingerprint density at radius 2 is 1.80 bits per heavy atom. The van der Waals surface area contributed by atoms with Crippen molar-refractivity contribution in [1.82, 2.24) is 10.2 Å². The molecule has 184 valence electrons. The summed E-state index contributed by atoms with van der Waals surface area (Å²) in [6.45, 7) is 4.54. The summed E-state index contributed by atoms with van der Waals surface area (Å²) < 4.78 is 30.7. The SMILES string of the molecule is Cc1ccc(C(CNC(=O)c2ccccc2OCC(=O)Nc2ccccc2F)N2CCOCC2)o1. The zero-order valence-corrected chi connectivity index (χ0v) is 19.5. The molecule has 9 heteroatoms. The number of carbonyl (C=O) groups is 2. The lowest BCUT2D eigenvalue weighted by Gasteiger charge is -2.33. The Labute approximate surface area is 203 Å². The van der Waals surface area contributed by atoms with Gasteiger partial charge in [-0.1, -0.05) is 24.3 Å². The fourth-order valence-corrected chi connectivity index (χ4v) is 3.89. The second kappa shape index (κ2) is 11.6. The maximum absolute atomic E-state index is 13.8. The van der Waals surface area contributed by atoms with Crippen molar-refractivity contribution in [3.8, 4) is 5.75 Å². The van der Waals surface area contributed by atoms with E-state index in [9.17, 15) is 14.0 Å². The zero-order chi connectivity index (χ0) is 24.6. The number of halogens is 1. The number of hydrogen-bond acceptors (Lipinski definition) is 6. The molecule has 1 aromatic heterocycles. The van der Waals surface area contributed by atoms with Crippen molar-refractivity contribution in [3.63, 3.8) is 0 Å². The minimum atomic E-state index is -0.540. The number of hydrogen-bond donors (Lipinski definition) is 2. The van der Waals surface area contributed by atoms with Crippen LogP contribution >= 0.6 is 0 Å². The molecule has 2 heterocycles. The highest BCUT2D eigenvalue weighted by molar-refractivity contribution is 5.97. The third-order valence-electron chi connectivity index (χ3n) is 5.67. The standard InChI is InChI=1S/C26H28FN3O5/c1-18-10-11-24(35-18)22(30-12-14-33-15-13-30)16-28-26(32)19-6-2-5-9-23(19)34-17-25(31)29-21-8-4-3-7-20(21)27/h2-11,22H,12-17H2,1H3,(H,28,32)(H,29,31). The molecule has 2 amide bonds. The lowest BCUT2D eigenvalue weighted by Crippen LogP contribution is -2.43. The molecule has 3 aromatic rings. The van der Waals surface area contributed by atoms with Crippen molar-refractivity contribution in [2.45, 2.75) is 13.0 Å². The van der Waals surface area contributed by atoms with Crippen molar-refractivity contribution in [2.24, 2.45) is 0 Å². The number of amides is 2. The molecule has 0 radical (unpaired) electrons. The van der Waals surface area contributed by atoms with Gasteiger partial charge < -0.3 is 24.5 Å². The van der Waals surface area contributed by atoms with E-state index in [1.165, 1.54) is 18.2 Å². The molecule has 4 rings (SSSR count). The van der Waals surface area contributed by atoms with E-state index in [4.69, 9.17) is 13.9 Å². The van der Waals surface area contributed by atoms with Crippen LogP contribution in [0.1, 0.15) is 27.9 Å².